The highest BCUT2D eigenvalue weighted by molar-refractivity contribution is 6.31. The van der Waals surface area contributed by atoms with Crippen molar-refractivity contribution in [3.63, 3.8) is 0 Å². The lowest BCUT2D eigenvalue weighted by molar-refractivity contribution is -0.117. The molecule has 10 heteroatoms. The maximum absolute atomic E-state index is 12.4. The zero-order valence-corrected chi connectivity index (χ0v) is 16.9. The zero-order valence-electron chi connectivity index (χ0n) is 16.1. The number of aromatic nitrogens is 2. The molecule has 0 bridgehead atoms. The Morgan fingerprint density at radius 3 is 2.83 bits per heavy atom. The maximum atomic E-state index is 12.4. The molecule has 2 aromatic rings. The van der Waals surface area contributed by atoms with Gasteiger partial charge in [-0.15, -0.1) is 0 Å². The van der Waals surface area contributed by atoms with Crippen LogP contribution in [0.15, 0.2) is 29.1 Å². The minimum Gasteiger partial charge on any atom is -0.495 e. The summed E-state index contributed by atoms with van der Waals surface area (Å²) in [6.07, 6.45) is 0.0511. The Hall–Kier alpha value is -3.07. The summed E-state index contributed by atoms with van der Waals surface area (Å²) in [5, 5.41) is 7.42. The van der Waals surface area contributed by atoms with Crippen LogP contribution >= 0.6 is 11.6 Å². The van der Waals surface area contributed by atoms with Gasteiger partial charge in [-0.3, -0.25) is 9.59 Å². The Labute approximate surface area is 172 Å². The number of hydrogen-bond acceptors (Lipinski definition) is 6. The summed E-state index contributed by atoms with van der Waals surface area (Å²) in [6, 6.07) is 6.24. The summed E-state index contributed by atoms with van der Waals surface area (Å²) < 4.78 is 11.3. The molecule has 0 spiro atoms. The van der Waals surface area contributed by atoms with Crippen molar-refractivity contribution in [3.05, 3.63) is 50.9 Å². The summed E-state index contributed by atoms with van der Waals surface area (Å²) in [6.45, 7) is 2.45. The minimum absolute atomic E-state index is 0.253. The molecule has 2 amide bonds. The van der Waals surface area contributed by atoms with Crippen LogP contribution in [0, 0.1) is 0 Å². The Bertz CT molecular complexity index is 991. The molecule has 0 radical (unpaired) electrons. The minimum atomic E-state index is -0.441. The molecule has 1 aliphatic rings. The molecule has 154 valence electrons. The van der Waals surface area contributed by atoms with Crippen molar-refractivity contribution in [3.8, 4) is 5.75 Å². The normalized spacial score (nSPS) is 12.9. The van der Waals surface area contributed by atoms with Gasteiger partial charge in [-0.2, -0.15) is 5.10 Å². The SMILES string of the molecule is CCOC(=O)N1CCc2nn(CC(=O)Nc3cc(Cl)ccc3OC)c(=O)cc2C1. The van der Waals surface area contributed by atoms with E-state index in [-0.39, 0.29) is 19.7 Å². The quantitative estimate of drug-likeness (QED) is 0.794. The van der Waals surface area contributed by atoms with Gasteiger partial charge in [0.2, 0.25) is 5.91 Å². The summed E-state index contributed by atoms with van der Waals surface area (Å²) in [5.41, 5.74) is 1.31. The number of methoxy groups -OCH3 is 1. The van der Waals surface area contributed by atoms with Crippen molar-refractivity contribution >= 4 is 29.3 Å². The van der Waals surface area contributed by atoms with Gasteiger partial charge in [0.25, 0.3) is 5.56 Å². The number of amides is 2. The summed E-state index contributed by atoms with van der Waals surface area (Å²) in [4.78, 5) is 38.2. The lowest BCUT2D eigenvalue weighted by Gasteiger charge is -2.27. The molecule has 0 atom stereocenters. The Morgan fingerprint density at radius 2 is 2.10 bits per heavy atom. The topological polar surface area (TPSA) is 103 Å². The van der Waals surface area contributed by atoms with Crippen LogP contribution in [-0.4, -0.2) is 46.9 Å². The van der Waals surface area contributed by atoms with Gasteiger partial charge in [0.15, 0.2) is 0 Å². The van der Waals surface area contributed by atoms with Gasteiger partial charge < -0.3 is 19.7 Å². The molecule has 1 aromatic heterocycles. The van der Waals surface area contributed by atoms with Gasteiger partial charge in [-0.05, 0) is 25.1 Å². The van der Waals surface area contributed by atoms with E-state index in [0.29, 0.717) is 40.7 Å². The molecule has 1 N–H and O–H groups in total. The van der Waals surface area contributed by atoms with Crippen LogP contribution in [0.2, 0.25) is 5.02 Å². The van der Waals surface area contributed by atoms with E-state index in [2.05, 4.69) is 10.4 Å². The number of nitrogens with zero attached hydrogens (tertiary/aromatic N) is 3. The van der Waals surface area contributed by atoms with Crippen molar-refractivity contribution in [1.82, 2.24) is 14.7 Å². The van der Waals surface area contributed by atoms with E-state index in [1.54, 1.807) is 25.1 Å². The molecular formula is C19H21ClN4O5. The predicted octanol–water partition coefficient (Wildman–Crippen LogP) is 2.06. The number of fused-ring (bicyclic) bond motifs is 1. The molecule has 9 nitrogen and oxygen atoms in total. The fourth-order valence-electron chi connectivity index (χ4n) is 3.03. The fourth-order valence-corrected chi connectivity index (χ4v) is 3.20. The number of halogens is 1. The first-order chi connectivity index (χ1) is 13.9. The average molecular weight is 421 g/mol. The molecule has 1 aliphatic heterocycles. The van der Waals surface area contributed by atoms with E-state index in [9.17, 15) is 14.4 Å². The third-order valence-electron chi connectivity index (χ3n) is 4.40. The van der Waals surface area contributed by atoms with Gasteiger partial charge in [-0.25, -0.2) is 9.48 Å². The molecule has 0 saturated carbocycles. The van der Waals surface area contributed by atoms with Crippen LogP contribution in [0.4, 0.5) is 10.5 Å². The summed E-state index contributed by atoms with van der Waals surface area (Å²) >= 11 is 5.96. The first-order valence-electron chi connectivity index (χ1n) is 9.06. The number of carbonyl (C=O) groups is 2. The van der Waals surface area contributed by atoms with Crippen molar-refractivity contribution in [2.45, 2.75) is 26.4 Å². The Balaban J connectivity index is 1.73. The largest absolute Gasteiger partial charge is 0.495 e. The van der Waals surface area contributed by atoms with Crippen molar-refractivity contribution in [1.29, 1.82) is 0 Å². The van der Waals surface area contributed by atoms with Crippen LogP contribution in [-0.2, 0) is 29.0 Å². The highest BCUT2D eigenvalue weighted by atomic mass is 35.5. The van der Waals surface area contributed by atoms with Crippen LogP contribution in [0.25, 0.3) is 0 Å². The third kappa shape index (κ3) is 4.86. The van der Waals surface area contributed by atoms with Gasteiger partial charge >= 0.3 is 6.09 Å². The lowest BCUT2D eigenvalue weighted by Crippen LogP contribution is -2.39. The molecule has 0 aliphatic carbocycles. The van der Waals surface area contributed by atoms with E-state index in [1.807, 2.05) is 0 Å². The Kier molecular flexibility index (Phi) is 6.38. The fraction of sp³-hybridized carbons (Fsp3) is 0.368. The highest BCUT2D eigenvalue weighted by Crippen LogP contribution is 2.27. The lowest BCUT2D eigenvalue weighted by atomic mass is 10.1. The number of anilines is 1. The number of nitrogens with one attached hydrogen (secondary N) is 1. The van der Waals surface area contributed by atoms with Crippen molar-refractivity contribution in [2.24, 2.45) is 0 Å². The first-order valence-corrected chi connectivity index (χ1v) is 9.44. The van der Waals surface area contributed by atoms with E-state index in [1.165, 1.54) is 18.1 Å². The molecule has 0 fully saturated rings. The first kappa shape index (κ1) is 20.7. The molecule has 29 heavy (non-hydrogen) atoms. The maximum Gasteiger partial charge on any atom is 0.410 e. The molecule has 0 saturated heterocycles. The van der Waals surface area contributed by atoms with E-state index < -0.39 is 17.6 Å². The monoisotopic (exact) mass is 420 g/mol. The van der Waals surface area contributed by atoms with Crippen LogP contribution in [0.3, 0.4) is 0 Å². The number of rotatable bonds is 5. The molecule has 3 rings (SSSR count). The van der Waals surface area contributed by atoms with E-state index in [4.69, 9.17) is 21.1 Å². The number of carbonyl (C=O) groups excluding carboxylic acids is 2. The van der Waals surface area contributed by atoms with Gasteiger partial charge in [0.1, 0.15) is 12.3 Å². The molecule has 1 aromatic carbocycles. The smallest absolute Gasteiger partial charge is 0.410 e. The standard InChI is InChI=1S/C19H21ClN4O5/c1-3-29-19(27)23-7-6-14-12(10-23)8-18(26)24(22-14)11-17(25)21-15-9-13(20)4-5-16(15)28-2/h4-5,8-9H,3,6-7,10-11H2,1-2H3,(H,21,25). The third-order valence-corrected chi connectivity index (χ3v) is 4.63. The van der Waals surface area contributed by atoms with Gasteiger partial charge in [0, 0.05) is 29.6 Å². The number of hydrogen-bond donors (Lipinski definition) is 1. The predicted molar refractivity (Wildman–Crippen MR) is 106 cm³/mol. The van der Waals surface area contributed by atoms with Gasteiger partial charge in [0.05, 0.1) is 31.6 Å². The summed E-state index contributed by atoms with van der Waals surface area (Å²) in [5.74, 6) is 0.0108. The van der Waals surface area contributed by atoms with Crippen molar-refractivity contribution < 1.29 is 19.1 Å². The molecule has 0 unspecified atom stereocenters. The van der Waals surface area contributed by atoms with Crippen LogP contribution in [0.1, 0.15) is 18.2 Å². The molecule has 2 heterocycles. The molecular weight excluding hydrogens is 400 g/mol. The van der Waals surface area contributed by atoms with Crippen molar-refractivity contribution in [2.75, 3.05) is 25.6 Å². The van der Waals surface area contributed by atoms with Crippen LogP contribution in [0.5, 0.6) is 5.75 Å². The van der Waals surface area contributed by atoms with Crippen LogP contribution < -0.4 is 15.6 Å². The second-order valence-electron chi connectivity index (χ2n) is 6.38. The van der Waals surface area contributed by atoms with E-state index >= 15 is 0 Å². The summed E-state index contributed by atoms with van der Waals surface area (Å²) in [7, 11) is 1.48. The highest BCUT2D eigenvalue weighted by Gasteiger charge is 2.24. The number of benzene rings is 1. The average Bonchev–Trinajstić information content (AvgIpc) is 2.68. The number of ether oxygens (including phenoxy) is 2. The van der Waals surface area contributed by atoms with Gasteiger partial charge in [-0.1, -0.05) is 11.6 Å². The zero-order chi connectivity index (χ0) is 21.0. The van der Waals surface area contributed by atoms with E-state index in [0.717, 1.165) is 4.68 Å². The second-order valence-corrected chi connectivity index (χ2v) is 6.81. The second kappa shape index (κ2) is 8.95. The Morgan fingerprint density at radius 1 is 1.31 bits per heavy atom.